The number of thioether (sulfide) groups is 1. The number of ether oxygens (including phenoxy) is 1. The summed E-state index contributed by atoms with van der Waals surface area (Å²) in [5, 5.41) is 4.39. The number of hydrogen-bond acceptors (Lipinski definition) is 3. The van der Waals surface area contributed by atoms with Crippen LogP contribution in [0.4, 0.5) is 0 Å². The Morgan fingerprint density at radius 3 is 2.70 bits per heavy atom. The second-order valence-corrected chi connectivity index (χ2v) is 6.72. The van der Waals surface area contributed by atoms with Crippen molar-refractivity contribution in [2.45, 2.75) is 55.7 Å². The SMILES string of the molecule is CCCNC(CC)c1ccccc1SC1CCOCC1. The van der Waals surface area contributed by atoms with Crippen molar-refractivity contribution in [2.24, 2.45) is 0 Å². The Morgan fingerprint density at radius 2 is 2.00 bits per heavy atom. The zero-order chi connectivity index (χ0) is 14.2. The predicted octanol–water partition coefficient (Wildman–Crippen LogP) is 4.41. The molecule has 1 N–H and O–H groups in total. The highest BCUT2D eigenvalue weighted by molar-refractivity contribution is 8.00. The zero-order valence-electron chi connectivity index (χ0n) is 12.7. The highest BCUT2D eigenvalue weighted by Gasteiger charge is 2.19. The van der Waals surface area contributed by atoms with Gasteiger partial charge in [-0.1, -0.05) is 32.0 Å². The smallest absolute Gasteiger partial charge is 0.0476 e. The van der Waals surface area contributed by atoms with Crippen molar-refractivity contribution in [3.63, 3.8) is 0 Å². The molecule has 0 amide bonds. The molecule has 0 aromatic heterocycles. The minimum absolute atomic E-state index is 0.485. The number of hydrogen-bond donors (Lipinski definition) is 1. The lowest BCUT2D eigenvalue weighted by atomic mass is 10.0. The van der Waals surface area contributed by atoms with Crippen LogP contribution in [-0.4, -0.2) is 25.0 Å². The topological polar surface area (TPSA) is 21.3 Å². The van der Waals surface area contributed by atoms with Gasteiger partial charge in [0.1, 0.15) is 0 Å². The van der Waals surface area contributed by atoms with Crippen LogP contribution in [0.3, 0.4) is 0 Å². The van der Waals surface area contributed by atoms with E-state index in [9.17, 15) is 0 Å². The Labute approximate surface area is 127 Å². The van der Waals surface area contributed by atoms with Gasteiger partial charge in [-0.3, -0.25) is 0 Å². The Balaban J connectivity index is 2.07. The first kappa shape index (κ1) is 15.9. The van der Waals surface area contributed by atoms with E-state index in [0.29, 0.717) is 11.3 Å². The summed E-state index contributed by atoms with van der Waals surface area (Å²) in [7, 11) is 0. The molecule has 20 heavy (non-hydrogen) atoms. The average Bonchev–Trinajstić information content (AvgIpc) is 2.50. The van der Waals surface area contributed by atoms with Gasteiger partial charge in [0, 0.05) is 29.4 Å². The van der Waals surface area contributed by atoms with E-state index in [1.807, 2.05) is 11.8 Å². The highest BCUT2D eigenvalue weighted by atomic mass is 32.2. The van der Waals surface area contributed by atoms with Crippen molar-refractivity contribution in [3.05, 3.63) is 29.8 Å². The van der Waals surface area contributed by atoms with Crippen molar-refractivity contribution in [1.29, 1.82) is 0 Å². The van der Waals surface area contributed by atoms with Gasteiger partial charge in [0.05, 0.1) is 0 Å². The maximum absolute atomic E-state index is 5.46. The van der Waals surface area contributed by atoms with E-state index in [0.717, 1.165) is 26.2 Å². The lowest BCUT2D eigenvalue weighted by Crippen LogP contribution is -2.22. The zero-order valence-corrected chi connectivity index (χ0v) is 13.5. The summed E-state index contributed by atoms with van der Waals surface area (Å²) >= 11 is 2.05. The first-order valence-electron chi connectivity index (χ1n) is 7.91. The minimum atomic E-state index is 0.485. The van der Waals surface area contributed by atoms with E-state index in [1.54, 1.807) is 0 Å². The molecule has 2 rings (SSSR count). The monoisotopic (exact) mass is 293 g/mol. The van der Waals surface area contributed by atoms with Gasteiger partial charge in [-0.25, -0.2) is 0 Å². The lowest BCUT2D eigenvalue weighted by molar-refractivity contribution is 0.1000. The summed E-state index contributed by atoms with van der Waals surface area (Å²) in [6.07, 6.45) is 4.69. The molecule has 0 aliphatic carbocycles. The Morgan fingerprint density at radius 1 is 1.25 bits per heavy atom. The third-order valence-corrected chi connectivity index (χ3v) is 5.24. The largest absolute Gasteiger partial charge is 0.381 e. The molecule has 0 spiro atoms. The van der Waals surface area contributed by atoms with Gasteiger partial charge in [0.2, 0.25) is 0 Å². The molecule has 0 radical (unpaired) electrons. The minimum Gasteiger partial charge on any atom is -0.381 e. The maximum atomic E-state index is 5.46. The first-order chi connectivity index (χ1) is 9.85. The quantitative estimate of drug-likeness (QED) is 0.804. The van der Waals surface area contributed by atoms with E-state index in [-0.39, 0.29) is 0 Å². The molecule has 1 aromatic carbocycles. The second kappa shape index (κ2) is 8.71. The maximum Gasteiger partial charge on any atom is 0.0476 e. The van der Waals surface area contributed by atoms with Crippen LogP contribution in [0.5, 0.6) is 0 Å². The summed E-state index contributed by atoms with van der Waals surface area (Å²) in [5.41, 5.74) is 1.47. The third kappa shape index (κ3) is 4.51. The molecular formula is C17H27NOS. The number of benzene rings is 1. The van der Waals surface area contributed by atoms with Crippen LogP contribution >= 0.6 is 11.8 Å². The lowest BCUT2D eigenvalue weighted by Gasteiger charge is -2.25. The molecule has 2 nitrogen and oxygen atoms in total. The number of nitrogens with one attached hydrogen (secondary N) is 1. The summed E-state index contributed by atoms with van der Waals surface area (Å²) in [4.78, 5) is 1.45. The van der Waals surface area contributed by atoms with Gasteiger partial charge < -0.3 is 10.1 Å². The van der Waals surface area contributed by atoms with E-state index < -0.39 is 0 Å². The summed E-state index contributed by atoms with van der Waals surface area (Å²) in [5.74, 6) is 0. The normalized spacial score (nSPS) is 18.1. The molecule has 1 unspecified atom stereocenters. The molecule has 1 aliphatic heterocycles. The molecule has 112 valence electrons. The van der Waals surface area contributed by atoms with Crippen LogP contribution in [0.1, 0.15) is 51.1 Å². The molecule has 1 heterocycles. The van der Waals surface area contributed by atoms with Gasteiger partial charge in [-0.15, -0.1) is 11.8 Å². The van der Waals surface area contributed by atoms with Crippen LogP contribution in [0, 0.1) is 0 Å². The summed E-state index contributed by atoms with van der Waals surface area (Å²) in [6.45, 7) is 7.43. The Hall–Kier alpha value is -0.510. The standard InChI is InChI=1S/C17H27NOS/c1-3-11-18-16(4-2)15-7-5-6-8-17(15)20-14-9-12-19-13-10-14/h5-8,14,16,18H,3-4,9-13H2,1-2H3. The number of rotatable bonds is 7. The molecule has 1 fully saturated rings. The van der Waals surface area contributed by atoms with Gasteiger partial charge in [-0.05, 0) is 43.9 Å². The molecule has 1 atom stereocenters. The van der Waals surface area contributed by atoms with Crippen LogP contribution in [0.2, 0.25) is 0 Å². The van der Waals surface area contributed by atoms with Crippen molar-refractivity contribution >= 4 is 11.8 Å². The molecule has 0 saturated carbocycles. The molecule has 1 aromatic rings. The van der Waals surface area contributed by atoms with Gasteiger partial charge in [0.15, 0.2) is 0 Å². The van der Waals surface area contributed by atoms with E-state index in [2.05, 4.69) is 43.4 Å². The fraction of sp³-hybridized carbons (Fsp3) is 0.647. The van der Waals surface area contributed by atoms with Gasteiger partial charge in [0.25, 0.3) is 0 Å². The molecule has 0 bridgehead atoms. The average molecular weight is 293 g/mol. The molecule has 1 saturated heterocycles. The highest BCUT2D eigenvalue weighted by Crippen LogP contribution is 2.35. The molecular weight excluding hydrogens is 266 g/mol. The predicted molar refractivity (Wildman–Crippen MR) is 87.5 cm³/mol. The Kier molecular flexibility index (Phi) is 6.91. The molecule has 3 heteroatoms. The van der Waals surface area contributed by atoms with Gasteiger partial charge >= 0.3 is 0 Å². The molecule has 1 aliphatic rings. The van der Waals surface area contributed by atoms with Crippen LogP contribution in [0.15, 0.2) is 29.2 Å². The van der Waals surface area contributed by atoms with E-state index in [1.165, 1.54) is 29.7 Å². The van der Waals surface area contributed by atoms with Crippen molar-refractivity contribution < 1.29 is 4.74 Å². The summed E-state index contributed by atoms with van der Waals surface area (Å²) < 4.78 is 5.46. The van der Waals surface area contributed by atoms with E-state index >= 15 is 0 Å². The van der Waals surface area contributed by atoms with Crippen molar-refractivity contribution in [1.82, 2.24) is 5.32 Å². The van der Waals surface area contributed by atoms with E-state index in [4.69, 9.17) is 4.74 Å². The van der Waals surface area contributed by atoms with Crippen molar-refractivity contribution in [3.8, 4) is 0 Å². The fourth-order valence-electron chi connectivity index (χ4n) is 2.64. The van der Waals surface area contributed by atoms with Crippen molar-refractivity contribution in [2.75, 3.05) is 19.8 Å². The van der Waals surface area contributed by atoms with Crippen LogP contribution in [-0.2, 0) is 4.74 Å². The van der Waals surface area contributed by atoms with Gasteiger partial charge in [-0.2, -0.15) is 0 Å². The van der Waals surface area contributed by atoms with Crippen LogP contribution < -0.4 is 5.32 Å². The third-order valence-electron chi connectivity index (χ3n) is 3.81. The Bertz CT molecular complexity index is 390. The second-order valence-electron chi connectivity index (χ2n) is 5.38. The first-order valence-corrected chi connectivity index (χ1v) is 8.79. The van der Waals surface area contributed by atoms with Crippen LogP contribution in [0.25, 0.3) is 0 Å². The fourth-order valence-corrected chi connectivity index (χ4v) is 3.93. The summed E-state index contributed by atoms with van der Waals surface area (Å²) in [6, 6.07) is 9.39.